The molecule has 6 heteroatoms. The molecule has 3 aromatic rings. The summed E-state index contributed by atoms with van der Waals surface area (Å²) in [5.74, 6) is 0.889. The van der Waals surface area contributed by atoms with Crippen molar-refractivity contribution < 1.29 is 4.74 Å². The van der Waals surface area contributed by atoms with Crippen molar-refractivity contribution in [2.45, 2.75) is 32.6 Å². The molecule has 1 fully saturated rings. The van der Waals surface area contributed by atoms with E-state index in [0.717, 1.165) is 58.4 Å². The predicted octanol–water partition coefficient (Wildman–Crippen LogP) is 4.78. The number of rotatable bonds is 8. The Morgan fingerprint density at radius 3 is 2.84 bits per heavy atom. The van der Waals surface area contributed by atoms with E-state index in [1.807, 2.05) is 37.3 Å². The standard InChI is InChI=1S/C26H32N4O2/c1-4-20(10-9-19(2)32-16-8-15-30-13-6-5-7-14-30)21-11-12-23-22(17-21)25-24(18-27-23)29(3)26(31)28-25/h4,9-12,17-18H,1,5-8,13-16H2,2-3H3,(H,28,31)/b19-9+,20-10+. The minimum absolute atomic E-state index is 0.143. The van der Waals surface area contributed by atoms with Crippen molar-refractivity contribution in [2.75, 3.05) is 26.2 Å². The molecular formula is C26H32N4O2. The number of imidazole rings is 1. The van der Waals surface area contributed by atoms with Crippen LogP contribution in [0.1, 0.15) is 38.2 Å². The van der Waals surface area contributed by atoms with Crippen LogP contribution in [0.25, 0.3) is 27.5 Å². The third-order valence-electron chi connectivity index (χ3n) is 6.19. The Bertz CT molecular complexity index is 1230. The average Bonchev–Trinajstić information content (AvgIpc) is 3.12. The number of fused-ring (bicyclic) bond motifs is 3. The molecule has 3 heterocycles. The largest absolute Gasteiger partial charge is 0.498 e. The van der Waals surface area contributed by atoms with Gasteiger partial charge < -0.3 is 14.6 Å². The van der Waals surface area contributed by atoms with Gasteiger partial charge in [0.2, 0.25) is 0 Å². The van der Waals surface area contributed by atoms with Crippen LogP contribution in [-0.4, -0.2) is 45.7 Å². The van der Waals surface area contributed by atoms with Crippen molar-refractivity contribution in [1.82, 2.24) is 19.4 Å². The molecular weight excluding hydrogens is 400 g/mol. The first-order valence-electron chi connectivity index (χ1n) is 11.4. The Morgan fingerprint density at radius 1 is 1.25 bits per heavy atom. The zero-order chi connectivity index (χ0) is 22.5. The number of likely N-dealkylation sites (tertiary alicyclic amines) is 1. The molecule has 4 rings (SSSR count). The Labute approximate surface area is 188 Å². The molecule has 0 saturated carbocycles. The lowest BCUT2D eigenvalue weighted by atomic mass is 10.0. The van der Waals surface area contributed by atoms with Crippen molar-refractivity contribution in [3.63, 3.8) is 0 Å². The van der Waals surface area contributed by atoms with Crippen LogP contribution < -0.4 is 5.69 Å². The van der Waals surface area contributed by atoms with Crippen molar-refractivity contribution >= 4 is 27.5 Å². The first kappa shape index (κ1) is 22.1. The molecule has 168 valence electrons. The second kappa shape index (κ2) is 10.0. The van der Waals surface area contributed by atoms with E-state index in [9.17, 15) is 4.79 Å². The fourth-order valence-corrected chi connectivity index (χ4v) is 4.29. The molecule has 0 unspecified atom stereocenters. The first-order valence-corrected chi connectivity index (χ1v) is 11.4. The van der Waals surface area contributed by atoms with Gasteiger partial charge in [0.15, 0.2) is 0 Å². The molecule has 1 aliphatic heterocycles. The smallest absolute Gasteiger partial charge is 0.326 e. The molecule has 0 radical (unpaired) electrons. The van der Waals surface area contributed by atoms with Crippen LogP contribution in [0.2, 0.25) is 0 Å². The van der Waals surface area contributed by atoms with Crippen LogP contribution in [0, 0.1) is 0 Å². The number of benzene rings is 1. The van der Waals surface area contributed by atoms with E-state index in [-0.39, 0.29) is 5.69 Å². The molecule has 1 N–H and O–H groups in total. The summed E-state index contributed by atoms with van der Waals surface area (Å²) in [5.41, 5.74) is 4.29. The van der Waals surface area contributed by atoms with Gasteiger partial charge in [-0.25, -0.2) is 4.79 Å². The summed E-state index contributed by atoms with van der Waals surface area (Å²) < 4.78 is 7.49. The monoisotopic (exact) mass is 432 g/mol. The van der Waals surface area contributed by atoms with Gasteiger partial charge in [0, 0.05) is 19.0 Å². The topological polar surface area (TPSA) is 63.1 Å². The number of nitrogens with zero attached hydrogens (tertiary/aromatic N) is 3. The van der Waals surface area contributed by atoms with E-state index < -0.39 is 0 Å². The van der Waals surface area contributed by atoms with E-state index in [1.165, 1.54) is 32.4 Å². The molecule has 6 nitrogen and oxygen atoms in total. The van der Waals surface area contributed by atoms with E-state index in [2.05, 4.69) is 27.5 Å². The number of pyridine rings is 1. The highest BCUT2D eigenvalue weighted by atomic mass is 16.5. The summed E-state index contributed by atoms with van der Waals surface area (Å²) in [7, 11) is 1.74. The van der Waals surface area contributed by atoms with E-state index in [1.54, 1.807) is 17.8 Å². The van der Waals surface area contributed by atoms with Gasteiger partial charge in [0.25, 0.3) is 0 Å². The summed E-state index contributed by atoms with van der Waals surface area (Å²) in [6.07, 6.45) is 12.6. The number of allylic oxidation sites excluding steroid dienone is 5. The highest BCUT2D eigenvalue weighted by molar-refractivity contribution is 6.03. The van der Waals surface area contributed by atoms with Gasteiger partial charge in [-0.3, -0.25) is 9.55 Å². The first-order chi connectivity index (χ1) is 15.6. The molecule has 0 atom stereocenters. The van der Waals surface area contributed by atoms with Crippen LogP contribution in [-0.2, 0) is 11.8 Å². The molecule has 0 aliphatic carbocycles. The molecule has 1 saturated heterocycles. The lowest BCUT2D eigenvalue weighted by molar-refractivity contribution is 0.171. The van der Waals surface area contributed by atoms with Crippen LogP contribution in [0.4, 0.5) is 0 Å². The van der Waals surface area contributed by atoms with Crippen molar-refractivity contribution in [3.05, 3.63) is 71.0 Å². The number of hydrogen-bond acceptors (Lipinski definition) is 4. The minimum atomic E-state index is -0.143. The van der Waals surface area contributed by atoms with Crippen LogP contribution >= 0.6 is 0 Å². The normalized spacial score (nSPS) is 16.1. The second-order valence-corrected chi connectivity index (χ2v) is 8.45. The number of ether oxygens (including phenoxy) is 1. The quantitative estimate of drug-likeness (QED) is 0.316. The van der Waals surface area contributed by atoms with Crippen LogP contribution in [0.5, 0.6) is 0 Å². The average molecular weight is 433 g/mol. The Morgan fingerprint density at radius 2 is 2.06 bits per heavy atom. The van der Waals surface area contributed by atoms with Gasteiger partial charge in [-0.15, -0.1) is 0 Å². The zero-order valence-electron chi connectivity index (χ0n) is 19.1. The van der Waals surface area contributed by atoms with Crippen molar-refractivity contribution in [3.8, 4) is 0 Å². The maximum absolute atomic E-state index is 12.1. The van der Waals surface area contributed by atoms with Gasteiger partial charge in [-0.2, -0.15) is 0 Å². The summed E-state index contributed by atoms with van der Waals surface area (Å²) in [6.45, 7) is 10.3. The van der Waals surface area contributed by atoms with Gasteiger partial charge in [-0.1, -0.05) is 31.2 Å². The zero-order valence-corrected chi connectivity index (χ0v) is 19.1. The third-order valence-corrected chi connectivity index (χ3v) is 6.19. The highest BCUT2D eigenvalue weighted by Crippen LogP contribution is 2.25. The Balaban J connectivity index is 1.47. The molecule has 1 aromatic carbocycles. The van der Waals surface area contributed by atoms with Gasteiger partial charge >= 0.3 is 5.69 Å². The maximum Gasteiger partial charge on any atom is 0.326 e. The second-order valence-electron chi connectivity index (χ2n) is 8.45. The van der Waals surface area contributed by atoms with E-state index in [0.29, 0.717) is 0 Å². The fourth-order valence-electron chi connectivity index (χ4n) is 4.29. The number of nitrogens with one attached hydrogen (secondary N) is 1. The Hall–Kier alpha value is -3.12. The lowest BCUT2D eigenvalue weighted by Crippen LogP contribution is -2.31. The lowest BCUT2D eigenvalue weighted by Gasteiger charge is -2.26. The van der Waals surface area contributed by atoms with Gasteiger partial charge in [0.1, 0.15) is 0 Å². The number of H-pyrrole nitrogens is 1. The summed E-state index contributed by atoms with van der Waals surface area (Å²) in [4.78, 5) is 22.0. The minimum Gasteiger partial charge on any atom is -0.498 e. The third kappa shape index (κ3) is 4.86. The number of aromatic amines is 1. The molecule has 0 spiro atoms. The summed E-state index contributed by atoms with van der Waals surface area (Å²) in [6, 6.07) is 6.05. The Kier molecular flexibility index (Phi) is 6.90. The molecule has 0 bridgehead atoms. The number of aromatic nitrogens is 3. The number of piperidine rings is 1. The summed E-state index contributed by atoms with van der Waals surface area (Å²) in [5, 5.41) is 0.917. The van der Waals surface area contributed by atoms with Crippen LogP contribution in [0.3, 0.4) is 0 Å². The molecule has 0 amide bonds. The SMILES string of the molecule is C=C/C(=C\C=C(/C)OCCCN1CCCCC1)c1ccc2ncc3c([nH]c(=O)n3C)c2c1. The number of hydrogen-bond donors (Lipinski definition) is 1. The van der Waals surface area contributed by atoms with E-state index in [4.69, 9.17) is 4.74 Å². The highest BCUT2D eigenvalue weighted by Gasteiger charge is 2.10. The summed E-state index contributed by atoms with van der Waals surface area (Å²) >= 11 is 0. The van der Waals surface area contributed by atoms with Crippen LogP contribution in [0.15, 0.2) is 59.8 Å². The maximum atomic E-state index is 12.1. The molecule has 32 heavy (non-hydrogen) atoms. The van der Waals surface area contributed by atoms with Gasteiger partial charge in [0.05, 0.1) is 35.1 Å². The molecule has 2 aromatic heterocycles. The van der Waals surface area contributed by atoms with E-state index >= 15 is 0 Å². The molecule has 1 aliphatic rings. The van der Waals surface area contributed by atoms with Crippen molar-refractivity contribution in [1.29, 1.82) is 0 Å². The van der Waals surface area contributed by atoms with Gasteiger partial charge in [-0.05, 0) is 68.6 Å². The fraction of sp³-hybridized carbons (Fsp3) is 0.385. The predicted molar refractivity (Wildman–Crippen MR) is 132 cm³/mol. The number of aryl methyl sites for hydroxylation is 1. The van der Waals surface area contributed by atoms with Crippen molar-refractivity contribution in [2.24, 2.45) is 7.05 Å².